The second-order valence-corrected chi connectivity index (χ2v) is 5.09. The fraction of sp³-hybridized carbons (Fsp3) is 0.200. The van der Waals surface area contributed by atoms with Crippen LogP contribution in [0.4, 0.5) is 8.78 Å². The molecule has 0 saturated carbocycles. The Labute approximate surface area is 163 Å². The normalized spacial score (nSPS) is 14.5. The molecule has 22 heavy (non-hydrogen) atoms. The first-order chi connectivity index (χ1) is 9.93. The molecule has 0 unspecified atom stereocenters. The van der Waals surface area contributed by atoms with Crippen molar-refractivity contribution in [3.8, 4) is 5.75 Å². The van der Waals surface area contributed by atoms with E-state index in [1.807, 2.05) is 0 Å². The Morgan fingerprint density at radius 3 is 2.59 bits per heavy atom. The van der Waals surface area contributed by atoms with E-state index in [9.17, 15) is 8.78 Å². The van der Waals surface area contributed by atoms with Gasteiger partial charge in [-0.1, -0.05) is 29.4 Å². The van der Waals surface area contributed by atoms with Crippen molar-refractivity contribution in [2.45, 2.75) is 6.43 Å². The Morgan fingerprint density at radius 1 is 1.36 bits per heavy atom. The quantitative estimate of drug-likeness (QED) is 0.655. The fourth-order valence-electron chi connectivity index (χ4n) is 1.93. The van der Waals surface area contributed by atoms with Crippen molar-refractivity contribution >= 4 is 28.9 Å². The standard InChI is InChI=1S/C15H12Cl2F2NO.Y/c1-9-12(16)5-6-14(20(9)8-15(18)19)11-4-3-10(21-2)7-13(11)17;/h3-5,7,15H,1,8H2,2H3;/q-1;. The Bertz CT molecular complexity index is 632. The summed E-state index contributed by atoms with van der Waals surface area (Å²) in [5, 5.41) is 0.638. The third-order valence-electron chi connectivity index (χ3n) is 2.96. The second kappa shape index (κ2) is 8.44. The fourth-order valence-corrected chi connectivity index (χ4v) is 2.35. The molecular weight excluding hydrogens is 408 g/mol. The van der Waals surface area contributed by atoms with E-state index in [-0.39, 0.29) is 43.4 Å². The first-order valence-electron chi connectivity index (χ1n) is 6.02. The Hall–Kier alpha value is -0.416. The van der Waals surface area contributed by atoms with Gasteiger partial charge in [0.25, 0.3) is 6.43 Å². The van der Waals surface area contributed by atoms with Crippen molar-refractivity contribution in [2.75, 3.05) is 13.7 Å². The Kier molecular flexibility index (Phi) is 7.53. The van der Waals surface area contributed by atoms with Crippen LogP contribution in [0.15, 0.2) is 41.6 Å². The molecule has 0 aromatic heterocycles. The molecule has 0 aliphatic carbocycles. The number of allylic oxidation sites excluding steroid dienone is 3. The van der Waals surface area contributed by atoms with Crippen molar-refractivity contribution in [2.24, 2.45) is 0 Å². The molecule has 2 nitrogen and oxygen atoms in total. The van der Waals surface area contributed by atoms with Gasteiger partial charge >= 0.3 is 0 Å². The largest absolute Gasteiger partial charge is 0.497 e. The van der Waals surface area contributed by atoms with E-state index in [0.29, 0.717) is 22.0 Å². The van der Waals surface area contributed by atoms with Crippen LogP contribution in [0, 0.1) is 6.08 Å². The molecule has 1 radical (unpaired) electrons. The van der Waals surface area contributed by atoms with Crippen molar-refractivity contribution in [3.05, 3.63) is 58.2 Å². The van der Waals surface area contributed by atoms with Crippen LogP contribution in [-0.2, 0) is 32.7 Å². The van der Waals surface area contributed by atoms with Crippen molar-refractivity contribution in [3.63, 3.8) is 0 Å². The summed E-state index contributed by atoms with van der Waals surface area (Å²) in [6, 6.07) is 4.98. The number of benzene rings is 1. The molecule has 1 aliphatic heterocycles. The minimum atomic E-state index is -2.54. The van der Waals surface area contributed by atoms with E-state index in [0.717, 1.165) is 0 Å². The van der Waals surface area contributed by atoms with Crippen LogP contribution in [0.2, 0.25) is 5.02 Å². The third kappa shape index (κ3) is 4.32. The van der Waals surface area contributed by atoms with Gasteiger partial charge in [0.05, 0.1) is 13.7 Å². The monoisotopic (exact) mass is 419 g/mol. The van der Waals surface area contributed by atoms with Gasteiger partial charge in [0.2, 0.25) is 0 Å². The first-order valence-corrected chi connectivity index (χ1v) is 6.77. The molecule has 2 rings (SSSR count). The summed E-state index contributed by atoms with van der Waals surface area (Å²) in [6.07, 6.45) is 1.82. The van der Waals surface area contributed by atoms with E-state index in [2.05, 4.69) is 12.7 Å². The maximum Gasteiger partial charge on any atom is 0.256 e. The molecule has 0 bridgehead atoms. The predicted molar refractivity (Wildman–Crippen MR) is 80.4 cm³/mol. The average Bonchev–Trinajstić information content (AvgIpc) is 2.44. The van der Waals surface area contributed by atoms with Gasteiger partial charge in [0, 0.05) is 32.7 Å². The van der Waals surface area contributed by atoms with Gasteiger partial charge in [0.15, 0.2) is 0 Å². The second-order valence-electron chi connectivity index (χ2n) is 4.28. The van der Waals surface area contributed by atoms with Gasteiger partial charge in [-0.3, -0.25) is 0 Å². The molecule has 0 fully saturated rings. The average molecular weight is 420 g/mol. The molecule has 1 aliphatic rings. The maximum atomic E-state index is 12.8. The van der Waals surface area contributed by atoms with Crippen molar-refractivity contribution < 1.29 is 46.2 Å². The summed E-state index contributed by atoms with van der Waals surface area (Å²) >= 11 is 12.1. The molecule has 1 aromatic rings. The molecule has 0 spiro atoms. The summed E-state index contributed by atoms with van der Waals surface area (Å²) in [4.78, 5) is 1.31. The zero-order valence-corrected chi connectivity index (χ0v) is 16.1. The third-order valence-corrected chi connectivity index (χ3v) is 3.60. The zero-order valence-electron chi connectivity index (χ0n) is 11.7. The van der Waals surface area contributed by atoms with Crippen molar-refractivity contribution in [1.82, 2.24) is 4.90 Å². The van der Waals surface area contributed by atoms with Crippen LogP contribution >= 0.6 is 23.2 Å². The van der Waals surface area contributed by atoms with Gasteiger partial charge in [-0.05, 0) is 27.9 Å². The van der Waals surface area contributed by atoms with E-state index in [4.69, 9.17) is 27.9 Å². The molecule has 1 aromatic carbocycles. The van der Waals surface area contributed by atoms with Gasteiger partial charge < -0.3 is 9.64 Å². The van der Waals surface area contributed by atoms with Gasteiger partial charge in [-0.15, -0.1) is 6.07 Å². The number of methoxy groups -OCH3 is 1. The van der Waals surface area contributed by atoms with E-state index in [1.54, 1.807) is 18.2 Å². The van der Waals surface area contributed by atoms with Crippen LogP contribution in [0.3, 0.4) is 0 Å². The number of nitrogens with zero attached hydrogens (tertiary/aromatic N) is 1. The molecule has 0 saturated heterocycles. The van der Waals surface area contributed by atoms with Crippen LogP contribution in [0.5, 0.6) is 5.75 Å². The summed E-state index contributed by atoms with van der Waals surface area (Å²) in [6.45, 7) is 3.20. The summed E-state index contributed by atoms with van der Waals surface area (Å²) in [5.41, 5.74) is 1.25. The number of hydrogen-bond donors (Lipinski definition) is 0. The molecule has 0 atom stereocenters. The number of ether oxygens (including phenoxy) is 1. The topological polar surface area (TPSA) is 12.5 Å². The number of rotatable bonds is 4. The molecular formula is C15H12Cl2F2NOY-. The van der Waals surface area contributed by atoms with E-state index < -0.39 is 13.0 Å². The zero-order chi connectivity index (χ0) is 15.6. The smallest absolute Gasteiger partial charge is 0.256 e. The summed E-state index contributed by atoms with van der Waals surface area (Å²) in [5.74, 6) is 0.577. The molecule has 0 N–H and O–H groups in total. The summed E-state index contributed by atoms with van der Waals surface area (Å²) < 4.78 is 30.6. The first kappa shape index (κ1) is 19.6. The summed E-state index contributed by atoms with van der Waals surface area (Å²) in [7, 11) is 1.52. The number of hydrogen-bond acceptors (Lipinski definition) is 2. The van der Waals surface area contributed by atoms with E-state index >= 15 is 0 Å². The van der Waals surface area contributed by atoms with Gasteiger partial charge in [-0.2, -0.15) is 23.8 Å². The molecule has 7 heteroatoms. The maximum absolute atomic E-state index is 12.8. The minimum Gasteiger partial charge on any atom is -0.497 e. The van der Waals surface area contributed by atoms with Crippen LogP contribution in [0.25, 0.3) is 5.70 Å². The molecule has 1 heterocycles. The number of alkyl halides is 2. The SMILES string of the molecule is C=C1C(Cl)=C[C-]=C(c2ccc(OC)cc2Cl)N1CC(F)F.[Y]. The Balaban J connectivity index is 0.00000242. The minimum absolute atomic E-state index is 0. The predicted octanol–water partition coefficient (Wildman–Crippen LogP) is 4.71. The van der Waals surface area contributed by atoms with E-state index in [1.165, 1.54) is 18.1 Å². The van der Waals surface area contributed by atoms with Gasteiger partial charge in [0.1, 0.15) is 5.75 Å². The van der Waals surface area contributed by atoms with Crippen LogP contribution in [-0.4, -0.2) is 25.0 Å². The van der Waals surface area contributed by atoms with Crippen LogP contribution in [0.1, 0.15) is 5.56 Å². The van der Waals surface area contributed by atoms with Crippen LogP contribution < -0.4 is 4.74 Å². The number of halogens is 4. The molecule has 115 valence electrons. The van der Waals surface area contributed by atoms with Gasteiger partial charge in [-0.25, -0.2) is 8.78 Å². The molecule has 0 amide bonds. The van der Waals surface area contributed by atoms with Crippen molar-refractivity contribution in [1.29, 1.82) is 0 Å². The Morgan fingerprint density at radius 2 is 2.05 bits per heavy atom.